The van der Waals surface area contributed by atoms with Crippen LogP contribution in [0.4, 0.5) is 5.82 Å². The van der Waals surface area contributed by atoms with Gasteiger partial charge in [0.25, 0.3) is 5.56 Å². The minimum Gasteiger partial charge on any atom is -0.393 e. The van der Waals surface area contributed by atoms with Gasteiger partial charge in [-0.05, 0) is 62.9 Å². The fourth-order valence-corrected chi connectivity index (χ4v) is 5.39. The Morgan fingerprint density at radius 3 is 2.78 bits per heavy atom. The second-order valence-corrected chi connectivity index (χ2v) is 9.62. The Kier molecular flexibility index (Phi) is 5.87. The number of pyridine rings is 2. The van der Waals surface area contributed by atoms with Crippen LogP contribution in [0.5, 0.6) is 0 Å². The van der Waals surface area contributed by atoms with Crippen LogP contribution >= 0.6 is 0 Å². The molecule has 4 aromatic rings. The SMILES string of the molecule is N#Cc1ccn2ncc(-c3ccc4nc(N5CCCNCC5)c(=O)n(C5CCC(O)CC5)c4n3)c2c1. The van der Waals surface area contributed by atoms with Crippen LogP contribution < -0.4 is 15.8 Å². The summed E-state index contributed by atoms with van der Waals surface area (Å²) in [6.07, 6.45) is 6.87. The van der Waals surface area contributed by atoms with E-state index in [1.54, 1.807) is 29.0 Å². The molecule has 1 aliphatic heterocycles. The number of aliphatic hydroxyl groups is 1. The van der Waals surface area contributed by atoms with E-state index in [2.05, 4.69) is 21.4 Å². The average molecular weight is 485 g/mol. The van der Waals surface area contributed by atoms with E-state index in [0.717, 1.165) is 56.5 Å². The second kappa shape index (κ2) is 9.33. The number of hydrogen-bond acceptors (Lipinski definition) is 8. The van der Waals surface area contributed by atoms with Gasteiger partial charge < -0.3 is 15.3 Å². The Labute approximate surface area is 207 Å². The third kappa shape index (κ3) is 4.00. The first kappa shape index (κ1) is 22.6. The number of anilines is 1. The molecule has 2 fully saturated rings. The number of fused-ring (bicyclic) bond motifs is 2. The molecule has 2 aliphatic rings. The van der Waals surface area contributed by atoms with Crippen molar-refractivity contribution in [2.45, 2.75) is 44.2 Å². The van der Waals surface area contributed by atoms with Crippen molar-refractivity contribution in [1.82, 2.24) is 29.5 Å². The van der Waals surface area contributed by atoms with Gasteiger partial charge in [-0.1, -0.05) is 0 Å². The molecule has 6 rings (SSSR count). The van der Waals surface area contributed by atoms with E-state index in [4.69, 9.17) is 9.97 Å². The molecule has 2 N–H and O–H groups in total. The van der Waals surface area contributed by atoms with E-state index in [0.29, 0.717) is 41.1 Å². The Balaban J connectivity index is 1.53. The third-order valence-corrected chi connectivity index (χ3v) is 7.32. The van der Waals surface area contributed by atoms with Crippen molar-refractivity contribution in [1.29, 1.82) is 5.26 Å². The molecule has 0 radical (unpaired) electrons. The predicted octanol–water partition coefficient (Wildman–Crippen LogP) is 2.25. The van der Waals surface area contributed by atoms with Crippen LogP contribution in [0.25, 0.3) is 27.9 Å². The molecule has 10 heteroatoms. The number of aromatic nitrogens is 5. The highest BCUT2D eigenvalue weighted by Crippen LogP contribution is 2.31. The molecule has 0 spiro atoms. The van der Waals surface area contributed by atoms with Crippen molar-refractivity contribution in [3.63, 3.8) is 0 Å². The molecule has 1 saturated heterocycles. The zero-order valence-electron chi connectivity index (χ0n) is 20.0. The molecule has 0 atom stereocenters. The van der Waals surface area contributed by atoms with Gasteiger partial charge in [0.1, 0.15) is 5.52 Å². The van der Waals surface area contributed by atoms with Crippen molar-refractivity contribution < 1.29 is 5.11 Å². The molecule has 10 nitrogen and oxygen atoms in total. The number of rotatable bonds is 3. The van der Waals surface area contributed by atoms with Gasteiger partial charge in [0, 0.05) is 37.4 Å². The lowest BCUT2D eigenvalue weighted by molar-refractivity contribution is 0.111. The number of aliphatic hydroxyl groups excluding tert-OH is 1. The van der Waals surface area contributed by atoms with E-state index in [-0.39, 0.29) is 17.7 Å². The Morgan fingerprint density at radius 2 is 1.94 bits per heavy atom. The molecule has 0 amide bonds. The van der Waals surface area contributed by atoms with Gasteiger partial charge in [-0.2, -0.15) is 10.4 Å². The highest BCUT2D eigenvalue weighted by atomic mass is 16.3. The zero-order valence-corrected chi connectivity index (χ0v) is 20.0. The smallest absolute Gasteiger partial charge is 0.295 e. The Morgan fingerprint density at radius 1 is 1.08 bits per heavy atom. The molecule has 1 saturated carbocycles. The van der Waals surface area contributed by atoms with Crippen molar-refractivity contribution in [3.8, 4) is 17.3 Å². The summed E-state index contributed by atoms with van der Waals surface area (Å²) in [5.74, 6) is 0.474. The van der Waals surface area contributed by atoms with Gasteiger partial charge in [-0.3, -0.25) is 9.36 Å². The van der Waals surface area contributed by atoms with Crippen LogP contribution in [0.1, 0.15) is 43.7 Å². The minimum atomic E-state index is -0.321. The molecule has 36 heavy (non-hydrogen) atoms. The summed E-state index contributed by atoms with van der Waals surface area (Å²) in [6.45, 7) is 3.24. The van der Waals surface area contributed by atoms with Crippen molar-refractivity contribution in [2.24, 2.45) is 0 Å². The van der Waals surface area contributed by atoms with Gasteiger partial charge in [0.15, 0.2) is 11.5 Å². The van der Waals surface area contributed by atoms with E-state index in [9.17, 15) is 15.2 Å². The lowest BCUT2D eigenvalue weighted by Gasteiger charge is -2.29. The van der Waals surface area contributed by atoms with Gasteiger partial charge in [0.2, 0.25) is 0 Å². The first-order valence-electron chi connectivity index (χ1n) is 12.6. The summed E-state index contributed by atoms with van der Waals surface area (Å²) in [5, 5.41) is 27.2. The zero-order chi connectivity index (χ0) is 24.6. The van der Waals surface area contributed by atoms with Crippen molar-refractivity contribution in [3.05, 3.63) is 52.6 Å². The molecule has 184 valence electrons. The Bertz CT molecular complexity index is 1520. The van der Waals surface area contributed by atoms with Crippen LogP contribution in [0.15, 0.2) is 41.5 Å². The molecular formula is C26H28N8O2. The number of nitriles is 1. The first-order chi connectivity index (χ1) is 17.6. The molecular weight excluding hydrogens is 456 g/mol. The van der Waals surface area contributed by atoms with E-state index >= 15 is 0 Å². The first-order valence-corrected chi connectivity index (χ1v) is 12.6. The third-order valence-electron chi connectivity index (χ3n) is 7.32. The van der Waals surface area contributed by atoms with E-state index in [1.807, 2.05) is 16.7 Å². The number of hydrogen-bond donors (Lipinski definition) is 2. The van der Waals surface area contributed by atoms with Crippen LogP contribution in [0, 0.1) is 11.3 Å². The molecule has 1 aliphatic carbocycles. The summed E-state index contributed by atoms with van der Waals surface area (Å²) in [4.78, 5) is 25.8. The highest BCUT2D eigenvalue weighted by Gasteiger charge is 2.27. The van der Waals surface area contributed by atoms with Crippen molar-refractivity contribution >= 4 is 22.5 Å². The van der Waals surface area contributed by atoms with Gasteiger partial charge in [0.05, 0.1) is 35.1 Å². The number of nitrogens with one attached hydrogen (secondary N) is 1. The normalized spacial score (nSPS) is 20.9. The molecule has 4 aromatic heterocycles. The van der Waals surface area contributed by atoms with Crippen molar-refractivity contribution in [2.75, 3.05) is 31.1 Å². The summed E-state index contributed by atoms with van der Waals surface area (Å²) < 4.78 is 3.53. The molecule has 5 heterocycles. The van der Waals surface area contributed by atoms with Crippen LogP contribution in [0.2, 0.25) is 0 Å². The van der Waals surface area contributed by atoms with Gasteiger partial charge in [-0.15, -0.1) is 0 Å². The van der Waals surface area contributed by atoms with E-state index in [1.165, 1.54) is 0 Å². The second-order valence-electron chi connectivity index (χ2n) is 9.62. The molecule has 0 unspecified atom stereocenters. The Hall–Kier alpha value is -3.81. The van der Waals surface area contributed by atoms with Crippen LogP contribution in [0.3, 0.4) is 0 Å². The van der Waals surface area contributed by atoms with Crippen LogP contribution in [-0.2, 0) is 0 Å². The highest BCUT2D eigenvalue weighted by molar-refractivity contribution is 5.83. The fraction of sp³-hybridized carbons (Fsp3) is 0.423. The summed E-state index contributed by atoms with van der Waals surface area (Å²) in [6, 6.07) is 9.46. The average Bonchev–Trinajstić information content (AvgIpc) is 3.13. The largest absolute Gasteiger partial charge is 0.393 e. The van der Waals surface area contributed by atoms with E-state index < -0.39 is 0 Å². The quantitative estimate of drug-likeness (QED) is 0.454. The summed E-state index contributed by atoms with van der Waals surface area (Å²) >= 11 is 0. The standard InChI is InChI=1S/C26H28N8O2/c27-15-17-8-12-33-23(14-17)20(16-29-33)21-6-7-22-24(30-21)34(18-2-4-19(35)5-3-18)26(36)25(31-22)32-11-1-9-28-10-13-32/h6-8,12,14,16,18-19,28,35H,1-5,9-11,13H2. The summed E-state index contributed by atoms with van der Waals surface area (Å²) in [7, 11) is 0. The molecule has 0 aromatic carbocycles. The maximum Gasteiger partial charge on any atom is 0.295 e. The van der Waals surface area contributed by atoms with Gasteiger partial charge >= 0.3 is 0 Å². The maximum atomic E-state index is 14.0. The fourth-order valence-electron chi connectivity index (χ4n) is 5.39. The lowest BCUT2D eigenvalue weighted by atomic mass is 9.93. The summed E-state index contributed by atoms with van der Waals surface area (Å²) in [5.41, 5.74) is 3.87. The maximum absolute atomic E-state index is 14.0. The molecule has 0 bridgehead atoms. The van der Waals surface area contributed by atoms with Gasteiger partial charge in [-0.25, -0.2) is 14.5 Å². The van der Waals surface area contributed by atoms with Crippen LogP contribution in [-0.4, -0.2) is 61.5 Å². The lowest BCUT2D eigenvalue weighted by Crippen LogP contribution is -2.38. The predicted molar refractivity (Wildman–Crippen MR) is 136 cm³/mol. The topological polar surface area (TPSA) is 124 Å². The monoisotopic (exact) mass is 484 g/mol. The minimum absolute atomic E-state index is 0.0490. The number of nitrogens with zero attached hydrogens (tertiary/aromatic N) is 7.